The van der Waals surface area contributed by atoms with E-state index in [0.717, 1.165) is 93.6 Å². The molecule has 5 aromatic rings. The zero-order chi connectivity index (χ0) is 44.4. The molecule has 7 rings (SSSR count). The molecule has 0 atom stereocenters. The number of anilines is 3. The highest BCUT2D eigenvalue weighted by Crippen LogP contribution is 2.47. The van der Waals surface area contributed by atoms with Crippen LogP contribution in [0.5, 0.6) is 0 Å². The Labute approximate surface area is 393 Å². The van der Waals surface area contributed by atoms with Crippen molar-refractivity contribution in [3.63, 3.8) is 0 Å². The van der Waals surface area contributed by atoms with Gasteiger partial charge in [-0.05, 0) is 124 Å². The third kappa shape index (κ3) is 13.5. The lowest BCUT2D eigenvalue weighted by molar-refractivity contribution is -0.894. The summed E-state index contributed by atoms with van der Waals surface area (Å²) in [4.78, 5) is 7.63. The van der Waals surface area contributed by atoms with Crippen LogP contribution < -0.4 is 29.8 Å². The van der Waals surface area contributed by atoms with Crippen molar-refractivity contribution in [2.45, 2.75) is 64.8 Å². The molecule has 2 aliphatic rings. The molecule has 10 nitrogen and oxygen atoms in total. The van der Waals surface area contributed by atoms with Crippen molar-refractivity contribution in [3.05, 3.63) is 153 Å². The number of aryl methyl sites for hydroxylation is 2. The second kappa shape index (κ2) is 25.8. The van der Waals surface area contributed by atoms with Gasteiger partial charge in [0.05, 0.1) is 36.0 Å². The van der Waals surface area contributed by atoms with Crippen LogP contribution in [-0.2, 0) is 25.3 Å². The maximum absolute atomic E-state index is 10.3. The van der Waals surface area contributed by atoms with Gasteiger partial charge in [0.25, 0.3) is 5.01 Å². The van der Waals surface area contributed by atoms with Crippen LogP contribution >= 0.6 is 58.8 Å². The number of para-hydroxylation sites is 2. The number of hydrogen-bond donors (Lipinski definition) is 1. The molecular formula is C48H55ClN4O6S4. The molecule has 0 fully saturated rings. The summed E-state index contributed by atoms with van der Waals surface area (Å²) in [5.41, 5.74) is 9.24. The van der Waals surface area contributed by atoms with Gasteiger partial charge in [-0.25, -0.2) is 0 Å². The zero-order valence-corrected chi connectivity index (χ0v) is 40.1. The summed E-state index contributed by atoms with van der Waals surface area (Å²) in [7, 11) is 0. The van der Waals surface area contributed by atoms with E-state index in [0.29, 0.717) is 23.1 Å². The summed E-state index contributed by atoms with van der Waals surface area (Å²) < 4.78 is 12.5. The van der Waals surface area contributed by atoms with E-state index >= 15 is 0 Å². The second-order valence-electron chi connectivity index (χ2n) is 14.8. The van der Waals surface area contributed by atoms with Crippen LogP contribution in [0.15, 0.2) is 142 Å². The second-order valence-corrected chi connectivity index (χ2v) is 18.9. The standard InChI is InChI=1S/C42H40ClN3O6S4.C6H15N/c1-30-14-20-38-36(28-30)44(24-8-26-53-51-49-47)40(55-38)22-17-31-15-16-32(42(31)46(34-10-4-2-5-11-34)35-12-6-3-7-13-35)18-23-41-45(25-9-27-54-52-50-48)37-29-33(43)19-21-39(37)56-41;1-4-7(5-2)6-3/h2-7,10-14,17-23,28-29H,8-9,15-16,24-27H2,1H3,(H-,47,48);4-6H2,1-3H3. The highest BCUT2D eigenvalue weighted by Gasteiger charge is 2.28. The molecule has 2 heterocycles. The van der Waals surface area contributed by atoms with E-state index in [4.69, 9.17) is 11.6 Å². The van der Waals surface area contributed by atoms with E-state index in [-0.39, 0.29) is 0 Å². The van der Waals surface area contributed by atoms with Crippen LogP contribution in [0.3, 0.4) is 0 Å². The number of hydrogen-bond acceptors (Lipinski definition) is 12. The van der Waals surface area contributed by atoms with Crippen molar-refractivity contribution in [2.24, 2.45) is 0 Å². The minimum atomic E-state index is 0.600. The largest absolute Gasteiger partial charge is 0.691 e. The predicted molar refractivity (Wildman–Crippen MR) is 259 cm³/mol. The topological polar surface area (TPSA) is 97.8 Å². The van der Waals surface area contributed by atoms with E-state index in [1.54, 1.807) is 28.0 Å². The average molecular weight is 948 g/mol. The Morgan fingerprint density at radius 3 is 2.11 bits per heavy atom. The van der Waals surface area contributed by atoms with Crippen molar-refractivity contribution in [1.29, 1.82) is 0 Å². The number of allylic oxidation sites excluding steroid dienone is 5. The molecule has 1 aliphatic heterocycles. The van der Waals surface area contributed by atoms with Gasteiger partial charge < -0.3 is 25.2 Å². The number of thioether (sulfide) groups is 1. The number of thiazole rings is 1. The van der Waals surface area contributed by atoms with Crippen molar-refractivity contribution in [1.82, 2.24) is 0 Å². The molecule has 1 aliphatic carbocycles. The maximum Gasteiger partial charge on any atom is 0.262 e. The summed E-state index contributed by atoms with van der Waals surface area (Å²) >= 11 is 12.0. The Balaban J connectivity index is 0.000000871. The Morgan fingerprint density at radius 1 is 0.810 bits per heavy atom. The Hall–Kier alpha value is -3.61. The highest BCUT2D eigenvalue weighted by molar-refractivity contribution is 8.03. The van der Waals surface area contributed by atoms with Gasteiger partial charge in [0, 0.05) is 82.0 Å². The van der Waals surface area contributed by atoms with Gasteiger partial charge in [-0.2, -0.15) is 13.2 Å². The summed E-state index contributed by atoms with van der Waals surface area (Å²) in [6.07, 6.45) is 12.3. The minimum Gasteiger partial charge on any atom is -0.691 e. The summed E-state index contributed by atoms with van der Waals surface area (Å²) in [6.45, 7) is 14.1. The Morgan fingerprint density at radius 2 is 1.48 bits per heavy atom. The molecule has 63 heavy (non-hydrogen) atoms. The van der Waals surface area contributed by atoms with E-state index < -0.39 is 0 Å². The van der Waals surface area contributed by atoms with E-state index in [1.807, 2.05) is 24.3 Å². The van der Waals surface area contributed by atoms with Crippen LogP contribution in [0.4, 0.5) is 17.1 Å². The monoisotopic (exact) mass is 946 g/mol. The molecule has 0 spiro atoms. The lowest BCUT2D eigenvalue weighted by atomic mass is 10.1. The fourth-order valence-corrected chi connectivity index (χ4v) is 10.7. The number of nitrogens with one attached hydrogen (secondary N) is 1. The molecular weight excluding hydrogens is 892 g/mol. The van der Waals surface area contributed by atoms with Crippen molar-refractivity contribution < 1.29 is 38.7 Å². The summed E-state index contributed by atoms with van der Waals surface area (Å²) in [5.74, 6) is 1.23. The molecule has 0 radical (unpaired) electrons. The lowest BCUT2D eigenvalue weighted by Crippen LogP contribution is -3.11. The quantitative estimate of drug-likeness (QED) is 0.0251. The van der Waals surface area contributed by atoms with E-state index in [1.165, 1.54) is 46.9 Å². The maximum atomic E-state index is 10.3. The predicted octanol–water partition coefficient (Wildman–Crippen LogP) is 9.88. The molecule has 0 unspecified atom stereocenters. The first-order valence-electron chi connectivity index (χ1n) is 21.3. The normalized spacial score (nSPS) is 15.1. The number of nitrogens with zero attached hydrogens (tertiary/aromatic N) is 3. The third-order valence-corrected chi connectivity index (χ3v) is 14.5. The number of rotatable bonds is 21. The van der Waals surface area contributed by atoms with Gasteiger partial charge in [0.2, 0.25) is 5.52 Å². The number of halogens is 1. The van der Waals surface area contributed by atoms with Crippen LogP contribution in [-0.4, -0.2) is 37.7 Å². The number of quaternary nitrogens is 1. The van der Waals surface area contributed by atoms with Crippen LogP contribution in [0.1, 0.15) is 57.0 Å². The van der Waals surface area contributed by atoms with Gasteiger partial charge in [-0.15, -0.1) is 0 Å². The van der Waals surface area contributed by atoms with Crippen molar-refractivity contribution in [2.75, 3.05) is 47.5 Å². The van der Waals surface area contributed by atoms with Crippen LogP contribution in [0.2, 0.25) is 5.02 Å². The Bertz CT molecular complexity index is 2290. The molecule has 0 saturated heterocycles. The zero-order valence-electron chi connectivity index (χ0n) is 36.1. The van der Waals surface area contributed by atoms with Gasteiger partial charge in [0.1, 0.15) is 4.70 Å². The summed E-state index contributed by atoms with van der Waals surface area (Å²) in [5, 5.41) is 30.6. The molecule has 4 aromatic carbocycles. The van der Waals surface area contributed by atoms with Gasteiger partial charge in [-0.1, -0.05) is 83.2 Å². The smallest absolute Gasteiger partial charge is 0.262 e. The first kappa shape index (κ1) is 48.8. The fourth-order valence-electron chi connectivity index (χ4n) is 7.64. The first-order chi connectivity index (χ1) is 30.9. The molecule has 0 bridgehead atoms. The van der Waals surface area contributed by atoms with Crippen LogP contribution in [0, 0.1) is 6.92 Å². The van der Waals surface area contributed by atoms with Crippen LogP contribution in [0.25, 0.3) is 16.3 Å². The molecule has 15 heteroatoms. The lowest BCUT2D eigenvalue weighted by Gasteiger charge is -2.28. The molecule has 0 saturated carbocycles. The van der Waals surface area contributed by atoms with Gasteiger partial charge in [-0.3, -0.25) is 10.1 Å². The SMILES string of the molecule is CC[NH+](CC)CC.Cc1ccc2c(c1)N(CCCSOO[O-])/C(=C/C=C1CCC(/C=C/c3sc4ccc(Cl)cc4[n+]3CCCSOO[O-])=C1N(c1ccccc1)c1ccccc1)S2. The number of benzene rings is 4. The Kier molecular flexibility index (Phi) is 20.0. The molecule has 0 amide bonds. The van der Waals surface area contributed by atoms with E-state index in [9.17, 15) is 10.5 Å². The highest BCUT2D eigenvalue weighted by atomic mass is 35.5. The van der Waals surface area contributed by atoms with Gasteiger partial charge in [0.15, 0.2) is 6.54 Å². The molecule has 1 aromatic heterocycles. The van der Waals surface area contributed by atoms with E-state index in [2.05, 4.69) is 158 Å². The number of aromatic nitrogens is 1. The van der Waals surface area contributed by atoms with Crippen molar-refractivity contribution in [3.8, 4) is 0 Å². The minimum absolute atomic E-state index is 0.600. The first-order valence-corrected chi connectivity index (χ1v) is 25.1. The average Bonchev–Trinajstić information content (AvgIpc) is 3.98. The van der Waals surface area contributed by atoms with Gasteiger partial charge >= 0.3 is 0 Å². The third-order valence-electron chi connectivity index (χ3n) is 10.8. The molecule has 334 valence electrons. The number of fused-ring (bicyclic) bond motifs is 2. The summed E-state index contributed by atoms with van der Waals surface area (Å²) in [6, 6.07) is 33.6. The fraction of sp³-hybridized carbons (Fsp3) is 0.312. The van der Waals surface area contributed by atoms with Crippen molar-refractivity contribution >= 4 is 92.1 Å². The molecule has 1 N–H and O–H groups in total.